The fraction of sp³-hybridized carbons (Fsp3) is 0.211. The van der Waals surface area contributed by atoms with Crippen molar-refractivity contribution < 1.29 is 21.9 Å². The highest BCUT2D eigenvalue weighted by atomic mass is 32.2. The Bertz CT molecular complexity index is 1220. The van der Waals surface area contributed by atoms with Gasteiger partial charge in [0.1, 0.15) is 11.3 Å². The summed E-state index contributed by atoms with van der Waals surface area (Å²) in [7, 11) is -3.68. The molecular weight excluding hydrogens is 400 g/mol. The van der Waals surface area contributed by atoms with E-state index in [0.29, 0.717) is 17.6 Å². The van der Waals surface area contributed by atoms with Crippen LogP contribution in [0.25, 0.3) is 11.0 Å². The number of non-ortho nitro benzene ring substituents is 1. The monoisotopic (exact) mass is 418 g/mol. The number of benzene rings is 2. The first-order chi connectivity index (χ1) is 13.7. The zero-order valence-electron chi connectivity index (χ0n) is 15.6. The molecular formula is C19H18N2O7S. The fourth-order valence-corrected chi connectivity index (χ4v) is 3.07. The summed E-state index contributed by atoms with van der Waals surface area (Å²) in [5, 5.41) is 13.8. The van der Waals surface area contributed by atoms with Crippen molar-refractivity contribution in [3.63, 3.8) is 0 Å². The molecule has 1 aromatic heterocycles. The van der Waals surface area contributed by atoms with Crippen molar-refractivity contribution >= 4 is 32.5 Å². The van der Waals surface area contributed by atoms with Crippen LogP contribution in [0.5, 0.6) is 5.75 Å². The molecule has 0 aliphatic rings. The van der Waals surface area contributed by atoms with Gasteiger partial charge < -0.3 is 13.9 Å². The second-order valence-corrected chi connectivity index (χ2v) is 8.63. The molecule has 9 nitrogen and oxygen atoms in total. The van der Waals surface area contributed by atoms with Crippen molar-refractivity contribution in [2.75, 3.05) is 5.32 Å². The van der Waals surface area contributed by atoms with Crippen LogP contribution in [0.1, 0.15) is 19.4 Å². The first-order valence-electron chi connectivity index (χ1n) is 8.64. The summed E-state index contributed by atoms with van der Waals surface area (Å²) in [5.41, 5.74) is 0.695. The SMILES string of the molecule is CC(C)S(=O)(=O)Oc1ccc(CNc2cc(=O)oc3ccc([N+](=O)[O-])cc23)cc1. The predicted molar refractivity (Wildman–Crippen MR) is 108 cm³/mol. The minimum absolute atomic E-state index is 0.123. The molecule has 0 spiro atoms. The Morgan fingerprint density at radius 1 is 1.14 bits per heavy atom. The van der Waals surface area contributed by atoms with Gasteiger partial charge >= 0.3 is 15.7 Å². The van der Waals surface area contributed by atoms with Crippen LogP contribution in [0.15, 0.2) is 57.7 Å². The molecule has 29 heavy (non-hydrogen) atoms. The maximum atomic E-state index is 11.8. The molecule has 0 fully saturated rings. The molecule has 0 unspecified atom stereocenters. The Morgan fingerprint density at radius 2 is 1.83 bits per heavy atom. The summed E-state index contributed by atoms with van der Waals surface area (Å²) < 4.78 is 33.7. The quantitative estimate of drug-likeness (QED) is 0.267. The van der Waals surface area contributed by atoms with Crippen molar-refractivity contribution in [1.29, 1.82) is 0 Å². The number of hydrogen-bond acceptors (Lipinski definition) is 8. The molecule has 1 heterocycles. The number of nitrogens with one attached hydrogen (secondary N) is 1. The largest absolute Gasteiger partial charge is 0.423 e. The second-order valence-electron chi connectivity index (χ2n) is 6.54. The highest BCUT2D eigenvalue weighted by Crippen LogP contribution is 2.26. The van der Waals surface area contributed by atoms with Gasteiger partial charge in [-0.3, -0.25) is 10.1 Å². The van der Waals surface area contributed by atoms with Gasteiger partial charge in [-0.25, -0.2) is 4.79 Å². The molecule has 152 valence electrons. The van der Waals surface area contributed by atoms with Crippen LogP contribution in [0.3, 0.4) is 0 Å². The average molecular weight is 418 g/mol. The van der Waals surface area contributed by atoms with Crippen molar-refractivity contribution in [2.24, 2.45) is 0 Å². The molecule has 2 aromatic carbocycles. The summed E-state index contributed by atoms with van der Waals surface area (Å²) >= 11 is 0. The number of fused-ring (bicyclic) bond motifs is 1. The Labute approximate surface area is 166 Å². The molecule has 0 saturated carbocycles. The smallest absolute Gasteiger partial charge is 0.338 e. The zero-order valence-corrected chi connectivity index (χ0v) is 16.4. The lowest BCUT2D eigenvalue weighted by Crippen LogP contribution is -2.19. The Morgan fingerprint density at radius 3 is 2.45 bits per heavy atom. The first-order valence-corrected chi connectivity index (χ1v) is 10.1. The van der Waals surface area contributed by atoms with Crippen molar-refractivity contribution in [3.8, 4) is 5.75 Å². The third kappa shape index (κ3) is 4.72. The van der Waals surface area contributed by atoms with Gasteiger partial charge in [0.05, 0.1) is 15.9 Å². The number of hydrogen-bond donors (Lipinski definition) is 1. The second kappa shape index (κ2) is 7.92. The fourth-order valence-electron chi connectivity index (χ4n) is 2.50. The third-order valence-electron chi connectivity index (χ3n) is 4.13. The maximum Gasteiger partial charge on any atom is 0.338 e. The summed E-state index contributed by atoms with van der Waals surface area (Å²) in [6.45, 7) is 3.34. The van der Waals surface area contributed by atoms with E-state index in [1.54, 1.807) is 12.1 Å². The van der Waals surface area contributed by atoms with Crippen molar-refractivity contribution in [3.05, 3.63) is 74.6 Å². The number of nitro groups is 1. The van der Waals surface area contributed by atoms with E-state index < -0.39 is 25.9 Å². The molecule has 10 heteroatoms. The van der Waals surface area contributed by atoms with Crippen LogP contribution in [-0.2, 0) is 16.7 Å². The predicted octanol–water partition coefficient (Wildman–Crippen LogP) is 3.43. The van der Waals surface area contributed by atoms with E-state index in [2.05, 4.69) is 5.32 Å². The topological polar surface area (TPSA) is 129 Å². The van der Waals surface area contributed by atoms with E-state index in [-0.39, 0.29) is 17.0 Å². The normalized spacial score (nSPS) is 11.6. The number of rotatable bonds is 7. The van der Waals surface area contributed by atoms with Crippen LogP contribution < -0.4 is 15.1 Å². The molecule has 0 bridgehead atoms. The molecule has 0 radical (unpaired) electrons. The van der Waals surface area contributed by atoms with E-state index in [9.17, 15) is 23.3 Å². The lowest BCUT2D eigenvalue weighted by Gasteiger charge is -2.11. The molecule has 3 rings (SSSR count). The molecule has 0 saturated heterocycles. The molecule has 1 N–H and O–H groups in total. The number of nitrogens with zero attached hydrogens (tertiary/aromatic N) is 1. The first kappa shape index (κ1) is 20.3. The number of nitro benzene ring substituents is 1. The van der Waals surface area contributed by atoms with Crippen LogP contribution in [-0.4, -0.2) is 18.6 Å². The van der Waals surface area contributed by atoms with Gasteiger partial charge in [-0.15, -0.1) is 0 Å². The highest BCUT2D eigenvalue weighted by molar-refractivity contribution is 7.87. The maximum absolute atomic E-state index is 11.8. The van der Waals surface area contributed by atoms with E-state index >= 15 is 0 Å². The van der Waals surface area contributed by atoms with Gasteiger partial charge in [0.2, 0.25) is 0 Å². The highest BCUT2D eigenvalue weighted by Gasteiger charge is 2.18. The van der Waals surface area contributed by atoms with E-state index in [1.165, 1.54) is 50.2 Å². The summed E-state index contributed by atoms with van der Waals surface area (Å²) in [6.07, 6.45) is 0. The summed E-state index contributed by atoms with van der Waals surface area (Å²) in [4.78, 5) is 22.2. The van der Waals surface area contributed by atoms with E-state index in [4.69, 9.17) is 8.60 Å². The summed E-state index contributed by atoms with van der Waals surface area (Å²) in [5.74, 6) is 0.198. The average Bonchev–Trinajstić information content (AvgIpc) is 2.66. The van der Waals surface area contributed by atoms with Crippen molar-refractivity contribution in [2.45, 2.75) is 25.6 Å². The van der Waals surface area contributed by atoms with Gasteiger partial charge in [-0.05, 0) is 37.6 Å². The van der Waals surface area contributed by atoms with E-state index in [1.807, 2.05) is 0 Å². The molecule has 3 aromatic rings. The van der Waals surface area contributed by atoms with Crippen LogP contribution >= 0.6 is 0 Å². The van der Waals surface area contributed by atoms with Crippen molar-refractivity contribution in [1.82, 2.24) is 0 Å². The van der Waals surface area contributed by atoms with Crippen LogP contribution in [0.2, 0.25) is 0 Å². The molecule has 0 atom stereocenters. The third-order valence-corrected chi connectivity index (χ3v) is 5.71. The van der Waals surface area contributed by atoms with Gasteiger partial charge in [-0.1, -0.05) is 12.1 Å². The minimum atomic E-state index is -3.68. The standard InChI is InChI=1S/C19H18N2O7S/c1-12(2)29(25,26)28-15-6-3-13(4-7-15)11-20-17-10-19(22)27-18-8-5-14(21(23)24)9-16(17)18/h3-10,12,20H,11H2,1-2H3. The zero-order chi connectivity index (χ0) is 21.2. The summed E-state index contributed by atoms with van der Waals surface area (Å²) in [6, 6.07) is 11.6. The number of anilines is 1. The molecule has 0 amide bonds. The minimum Gasteiger partial charge on any atom is -0.423 e. The Hall–Kier alpha value is -3.40. The Balaban J connectivity index is 1.81. The van der Waals surface area contributed by atoms with Gasteiger partial charge in [0.15, 0.2) is 0 Å². The lowest BCUT2D eigenvalue weighted by atomic mass is 10.1. The van der Waals surface area contributed by atoms with Crippen LogP contribution in [0, 0.1) is 10.1 Å². The van der Waals surface area contributed by atoms with Gasteiger partial charge in [0.25, 0.3) is 5.69 Å². The van der Waals surface area contributed by atoms with Gasteiger partial charge in [0, 0.05) is 30.1 Å². The van der Waals surface area contributed by atoms with Crippen LogP contribution in [0.4, 0.5) is 11.4 Å². The molecule has 0 aliphatic heterocycles. The van der Waals surface area contributed by atoms with Gasteiger partial charge in [-0.2, -0.15) is 8.42 Å². The molecule has 0 aliphatic carbocycles. The lowest BCUT2D eigenvalue weighted by molar-refractivity contribution is -0.384. The van der Waals surface area contributed by atoms with E-state index in [0.717, 1.165) is 5.56 Å². The Kier molecular flexibility index (Phi) is 5.55.